The number of aromatic nitrogens is 2. The lowest BCUT2D eigenvalue weighted by atomic mass is 10.2. The summed E-state index contributed by atoms with van der Waals surface area (Å²) in [7, 11) is -1.87. The third-order valence-electron chi connectivity index (χ3n) is 3.35. The van der Waals surface area contributed by atoms with Crippen molar-refractivity contribution in [2.75, 3.05) is 7.05 Å². The van der Waals surface area contributed by atoms with Crippen molar-refractivity contribution in [2.45, 2.75) is 31.8 Å². The van der Waals surface area contributed by atoms with Gasteiger partial charge in [-0.2, -0.15) is 9.40 Å². The zero-order chi connectivity index (χ0) is 14.8. The minimum atomic E-state index is -3.46. The highest BCUT2D eigenvalue weighted by atomic mass is 32.2. The van der Waals surface area contributed by atoms with Crippen LogP contribution in [0.1, 0.15) is 18.2 Å². The Morgan fingerprint density at radius 2 is 1.90 bits per heavy atom. The average Bonchev–Trinajstić information content (AvgIpc) is 2.80. The second kappa shape index (κ2) is 5.76. The summed E-state index contributed by atoms with van der Waals surface area (Å²) >= 11 is 0. The molecular formula is C14H19N3O2S. The lowest BCUT2D eigenvalue weighted by Gasteiger charge is -2.17. The molecule has 0 N–H and O–H groups in total. The van der Waals surface area contributed by atoms with Crippen molar-refractivity contribution >= 4 is 10.0 Å². The highest BCUT2D eigenvalue weighted by Crippen LogP contribution is 2.17. The van der Waals surface area contributed by atoms with Gasteiger partial charge >= 0.3 is 0 Å². The van der Waals surface area contributed by atoms with Gasteiger partial charge in [-0.25, -0.2) is 8.42 Å². The summed E-state index contributed by atoms with van der Waals surface area (Å²) in [6, 6.07) is 8.46. The van der Waals surface area contributed by atoms with Crippen LogP contribution in [0.3, 0.4) is 0 Å². The minimum absolute atomic E-state index is 0.308. The molecule has 108 valence electrons. The molecule has 0 radical (unpaired) electrons. The van der Waals surface area contributed by atoms with E-state index in [1.165, 1.54) is 4.31 Å². The smallest absolute Gasteiger partial charge is 0.243 e. The first-order valence-electron chi connectivity index (χ1n) is 6.49. The summed E-state index contributed by atoms with van der Waals surface area (Å²) in [4.78, 5) is 0.308. The van der Waals surface area contributed by atoms with Gasteiger partial charge in [0.15, 0.2) is 0 Å². The summed E-state index contributed by atoms with van der Waals surface area (Å²) in [5.74, 6) is 0. The maximum atomic E-state index is 12.4. The fourth-order valence-corrected chi connectivity index (χ4v) is 3.23. The van der Waals surface area contributed by atoms with E-state index in [2.05, 4.69) is 5.10 Å². The maximum Gasteiger partial charge on any atom is 0.243 e. The zero-order valence-corrected chi connectivity index (χ0v) is 12.8. The SMILES string of the molecule is CCn1ncc(CN(C)S(=O)(=O)c2ccccc2)c1C. The highest BCUT2D eigenvalue weighted by Gasteiger charge is 2.21. The summed E-state index contributed by atoms with van der Waals surface area (Å²) in [6.07, 6.45) is 1.73. The molecule has 1 aromatic heterocycles. The van der Waals surface area contributed by atoms with Gasteiger partial charge in [-0.15, -0.1) is 0 Å². The first-order valence-corrected chi connectivity index (χ1v) is 7.93. The largest absolute Gasteiger partial charge is 0.270 e. The van der Waals surface area contributed by atoms with Crippen LogP contribution in [-0.4, -0.2) is 29.6 Å². The summed E-state index contributed by atoms with van der Waals surface area (Å²) in [5, 5.41) is 4.24. The van der Waals surface area contributed by atoms with Crippen LogP contribution in [-0.2, 0) is 23.1 Å². The molecule has 2 aromatic rings. The minimum Gasteiger partial charge on any atom is -0.270 e. The van der Waals surface area contributed by atoms with Crippen molar-refractivity contribution < 1.29 is 8.42 Å². The van der Waals surface area contributed by atoms with Gasteiger partial charge in [-0.05, 0) is 26.0 Å². The Morgan fingerprint density at radius 3 is 2.45 bits per heavy atom. The molecule has 1 heterocycles. The Morgan fingerprint density at radius 1 is 1.25 bits per heavy atom. The molecule has 20 heavy (non-hydrogen) atoms. The van der Waals surface area contributed by atoms with Crippen LogP contribution in [0.4, 0.5) is 0 Å². The first kappa shape index (κ1) is 14.7. The molecule has 1 aromatic carbocycles. The average molecular weight is 293 g/mol. The molecule has 6 heteroatoms. The molecule has 0 atom stereocenters. The molecule has 0 aliphatic carbocycles. The van der Waals surface area contributed by atoms with Gasteiger partial charge in [0.1, 0.15) is 0 Å². The molecule has 0 aliphatic rings. The highest BCUT2D eigenvalue weighted by molar-refractivity contribution is 7.89. The fraction of sp³-hybridized carbons (Fsp3) is 0.357. The number of nitrogens with zero attached hydrogens (tertiary/aromatic N) is 3. The van der Waals surface area contributed by atoms with Crippen molar-refractivity contribution in [1.29, 1.82) is 0 Å². The number of benzene rings is 1. The van der Waals surface area contributed by atoms with Crippen LogP contribution >= 0.6 is 0 Å². The van der Waals surface area contributed by atoms with E-state index in [4.69, 9.17) is 0 Å². The molecule has 0 saturated carbocycles. The summed E-state index contributed by atoms with van der Waals surface area (Å²) in [6.45, 7) is 5.06. The molecule has 0 unspecified atom stereocenters. The van der Waals surface area contributed by atoms with E-state index in [-0.39, 0.29) is 0 Å². The number of hydrogen-bond acceptors (Lipinski definition) is 3. The Kier molecular flexibility index (Phi) is 4.25. The molecule has 0 saturated heterocycles. The van der Waals surface area contributed by atoms with Gasteiger partial charge < -0.3 is 0 Å². The number of sulfonamides is 1. The van der Waals surface area contributed by atoms with E-state index in [0.29, 0.717) is 11.4 Å². The molecular weight excluding hydrogens is 274 g/mol. The van der Waals surface area contributed by atoms with Crippen molar-refractivity contribution in [2.24, 2.45) is 0 Å². The van der Waals surface area contributed by atoms with E-state index < -0.39 is 10.0 Å². The molecule has 5 nitrogen and oxygen atoms in total. The van der Waals surface area contributed by atoms with E-state index in [9.17, 15) is 8.42 Å². The van der Waals surface area contributed by atoms with Gasteiger partial charge in [-0.3, -0.25) is 4.68 Å². The Labute approximate surface area is 119 Å². The third-order valence-corrected chi connectivity index (χ3v) is 5.17. The molecule has 0 fully saturated rings. The number of aryl methyl sites for hydroxylation is 1. The predicted molar refractivity (Wildman–Crippen MR) is 77.7 cm³/mol. The topological polar surface area (TPSA) is 55.2 Å². The van der Waals surface area contributed by atoms with Crippen molar-refractivity contribution in [3.8, 4) is 0 Å². The van der Waals surface area contributed by atoms with Gasteiger partial charge in [0.2, 0.25) is 10.0 Å². The number of rotatable bonds is 5. The van der Waals surface area contributed by atoms with Crippen LogP contribution < -0.4 is 0 Å². The fourth-order valence-electron chi connectivity index (χ4n) is 2.06. The number of hydrogen-bond donors (Lipinski definition) is 0. The van der Waals surface area contributed by atoms with E-state index in [1.807, 2.05) is 18.5 Å². The third kappa shape index (κ3) is 2.76. The Balaban J connectivity index is 2.23. The summed E-state index contributed by atoms with van der Waals surface area (Å²) in [5.41, 5.74) is 1.93. The van der Waals surface area contributed by atoms with Crippen LogP contribution in [0.15, 0.2) is 41.4 Å². The molecule has 0 spiro atoms. The van der Waals surface area contributed by atoms with Gasteiger partial charge in [0, 0.05) is 31.4 Å². The lowest BCUT2D eigenvalue weighted by molar-refractivity contribution is 0.465. The predicted octanol–water partition coefficient (Wildman–Crippen LogP) is 2.03. The van der Waals surface area contributed by atoms with Crippen molar-refractivity contribution in [3.63, 3.8) is 0 Å². The van der Waals surface area contributed by atoms with Crippen LogP contribution in [0.5, 0.6) is 0 Å². The van der Waals surface area contributed by atoms with E-state index in [0.717, 1.165) is 17.8 Å². The van der Waals surface area contributed by atoms with Gasteiger partial charge in [-0.1, -0.05) is 18.2 Å². The van der Waals surface area contributed by atoms with Crippen LogP contribution in [0, 0.1) is 6.92 Å². The molecule has 2 rings (SSSR count). The Hall–Kier alpha value is -1.66. The van der Waals surface area contributed by atoms with Crippen LogP contribution in [0.2, 0.25) is 0 Å². The monoisotopic (exact) mass is 293 g/mol. The van der Waals surface area contributed by atoms with Gasteiger partial charge in [0.05, 0.1) is 11.1 Å². The van der Waals surface area contributed by atoms with Gasteiger partial charge in [0.25, 0.3) is 0 Å². The second-order valence-corrected chi connectivity index (χ2v) is 6.69. The van der Waals surface area contributed by atoms with E-state index >= 15 is 0 Å². The molecule has 0 amide bonds. The van der Waals surface area contributed by atoms with Crippen LogP contribution in [0.25, 0.3) is 0 Å². The lowest BCUT2D eigenvalue weighted by Crippen LogP contribution is -2.26. The van der Waals surface area contributed by atoms with Crippen molar-refractivity contribution in [3.05, 3.63) is 47.8 Å². The summed E-state index contributed by atoms with van der Waals surface area (Å²) < 4.78 is 28.1. The standard InChI is InChI=1S/C14H19N3O2S/c1-4-17-12(2)13(10-15-17)11-16(3)20(18,19)14-8-6-5-7-9-14/h5-10H,4,11H2,1-3H3. The van der Waals surface area contributed by atoms with E-state index in [1.54, 1.807) is 43.6 Å². The normalized spacial score (nSPS) is 12.0. The zero-order valence-electron chi connectivity index (χ0n) is 11.9. The Bertz CT molecular complexity index is 678. The molecule has 0 bridgehead atoms. The second-order valence-electron chi connectivity index (χ2n) is 4.65. The maximum absolute atomic E-state index is 12.4. The first-order chi connectivity index (χ1) is 9.46. The quantitative estimate of drug-likeness (QED) is 0.847. The molecule has 0 aliphatic heterocycles. The van der Waals surface area contributed by atoms with Crippen molar-refractivity contribution in [1.82, 2.24) is 14.1 Å².